The number of carbonyl (C=O) groups is 2. The molecular formula is C30H29FN4O4S. The van der Waals surface area contributed by atoms with Gasteiger partial charge in [-0.1, -0.05) is 48.5 Å². The monoisotopic (exact) mass is 560 g/mol. The third-order valence-corrected chi connectivity index (χ3v) is 7.80. The number of nitrogens with one attached hydrogen (secondary N) is 1. The number of ether oxygens (including phenoxy) is 2. The fraction of sp³-hybridized carbons (Fsp3) is 0.233. The number of halogens is 1. The van der Waals surface area contributed by atoms with Gasteiger partial charge in [-0.15, -0.1) is 11.8 Å². The Bertz CT molecular complexity index is 1490. The number of aromatic nitrogens is 2. The number of rotatable bonds is 9. The first-order chi connectivity index (χ1) is 19.5. The Balaban J connectivity index is 1.76. The summed E-state index contributed by atoms with van der Waals surface area (Å²) in [7, 11) is 3.17. The van der Waals surface area contributed by atoms with Crippen LogP contribution in [0.2, 0.25) is 0 Å². The summed E-state index contributed by atoms with van der Waals surface area (Å²) in [6.45, 7) is 0.452. The number of carbonyl (C=O) groups excluding carboxylic acids is 2. The van der Waals surface area contributed by atoms with Crippen LogP contribution in [0.15, 0.2) is 78.9 Å². The summed E-state index contributed by atoms with van der Waals surface area (Å²) in [5, 5.41) is 7.46. The number of hydrogen-bond donors (Lipinski definition) is 1. The Kier molecular flexibility index (Phi) is 8.47. The third-order valence-electron chi connectivity index (χ3n) is 6.56. The van der Waals surface area contributed by atoms with Crippen LogP contribution < -0.4 is 15.0 Å². The Morgan fingerprint density at radius 1 is 1.05 bits per heavy atom. The van der Waals surface area contributed by atoms with Crippen LogP contribution in [0.3, 0.4) is 0 Å². The van der Waals surface area contributed by atoms with E-state index in [1.165, 1.54) is 28.8 Å². The third kappa shape index (κ3) is 5.59. The molecule has 1 N–H and O–H groups in total. The Hall–Kier alpha value is -4.15. The maximum atomic E-state index is 13.9. The standard InChI is InChI=1S/C30H29FN4O4S/c1-38-17-16-32-25(36)18-34-26(37)19-40-29(23-10-6-7-11-24(23)39-2)27-28(20-8-4-3-5-9-20)33-35(30(27)34)22-14-12-21(31)13-15-22/h3-15,29H,16-19H2,1-2H3,(H,32,36). The Morgan fingerprint density at radius 3 is 2.50 bits per heavy atom. The minimum absolute atomic E-state index is 0.125. The summed E-state index contributed by atoms with van der Waals surface area (Å²) in [5.74, 6) is 0.299. The summed E-state index contributed by atoms with van der Waals surface area (Å²) < 4.78 is 26.3. The highest BCUT2D eigenvalue weighted by molar-refractivity contribution is 8.00. The minimum Gasteiger partial charge on any atom is -0.496 e. The van der Waals surface area contributed by atoms with Gasteiger partial charge in [-0.3, -0.25) is 14.5 Å². The van der Waals surface area contributed by atoms with E-state index >= 15 is 0 Å². The predicted molar refractivity (Wildman–Crippen MR) is 153 cm³/mol. The van der Waals surface area contributed by atoms with Crippen molar-refractivity contribution in [3.05, 3.63) is 95.8 Å². The van der Waals surface area contributed by atoms with Gasteiger partial charge in [0.05, 0.1) is 36.1 Å². The molecule has 1 aliphatic heterocycles. The molecule has 0 radical (unpaired) electrons. The number of anilines is 1. The zero-order valence-electron chi connectivity index (χ0n) is 22.2. The lowest BCUT2D eigenvalue weighted by molar-refractivity contribution is -0.123. The smallest absolute Gasteiger partial charge is 0.240 e. The van der Waals surface area contributed by atoms with Crippen LogP contribution in [-0.2, 0) is 14.3 Å². The van der Waals surface area contributed by atoms with E-state index in [9.17, 15) is 14.0 Å². The summed E-state index contributed by atoms with van der Waals surface area (Å²) in [5.41, 5.74) is 3.71. The molecule has 3 aromatic carbocycles. The molecule has 0 saturated carbocycles. The first kappa shape index (κ1) is 27.4. The second-order valence-corrected chi connectivity index (χ2v) is 10.2. The van der Waals surface area contributed by atoms with Gasteiger partial charge in [0.1, 0.15) is 23.9 Å². The lowest BCUT2D eigenvalue weighted by Gasteiger charge is -2.23. The SMILES string of the molecule is COCCNC(=O)CN1C(=O)CSC(c2ccccc2OC)c2c(-c3ccccc3)nn(-c3ccc(F)cc3)c21. The fourth-order valence-corrected chi connectivity index (χ4v) is 5.93. The van der Waals surface area contributed by atoms with Crippen molar-refractivity contribution in [2.75, 3.05) is 44.6 Å². The molecule has 4 aromatic rings. The van der Waals surface area contributed by atoms with Crippen molar-refractivity contribution in [3.63, 3.8) is 0 Å². The average molecular weight is 561 g/mol. The van der Waals surface area contributed by atoms with Gasteiger partial charge in [0, 0.05) is 30.3 Å². The minimum atomic E-state index is -0.391. The summed E-state index contributed by atoms with van der Waals surface area (Å²) in [6.07, 6.45) is 0. The molecule has 0 fully saturated rings. The largest absolute Gasteiger partial charge is 0.496 e. The fourth-order valence-electron chi connectivity index (χ4n) is 4.71. The zero-order valence-corrected chi connectivity index (χ0v) is 23.0. The molecule has 1 atom stereocenters. The highest BCUT2D eigenvalue weighted by Crippen LogP contribution is 2.50. The number of hydrogen-bond acceptors (Lipinski definition) is 6. The lowest BCUT2D eigenvalue weighted by atomic mass is 9.99. The van der Waals surface area contributed by atoms with Crippen LogP contribution in [0.1, 0.15) is 16.4 Å². The molecule has 2 heterocycles. The molecule has 206 valence electrons. The number of nitrogens with zero attached hydrogens (tertiary/aromatic N) is 3. The maximum absolute atomic E-state index is 13.9. The number of methoxy groups -OCH3 is 2. The average Bonchev–Trinajstić information content (AvgIpc) is 3.30. The zero-order chi connectivity index (χ0) is 28.1. The van der Waals surface area contributed by atoms with Crippen molar-refractivity contribution in [2.24, 2.45) is 0 Å². The van der Waals surface area contributed by atoms with Gasteiger partial charge in [-0.25, -0.2) is 9.07 Å². The van der Waals surface area contributed by atoms with Crippen LogP contribution in [-0.4, -0.2) is 61.3 Å². The van der Waals surface area contributed by atoms with E-state index in [4.69, 9.17) is 14.6 Å². The van der Waals surface area contributed by atoms with Crippen molar-refractivity contribution < 1.29 is 23.5 Å². The number of benzene rings is 3. The Labute approximate surface area is 236 Å². The van der Waals surface area contributed by atoms with Crippen molar-refractivity contribution in [3.8, 4) is 22.7 Å². The molecule has 5 rings (SSSR count). The molecule has 10 heteroatoms. The normalized spacial score (nSPS) is 14.9. The number of fused-ring (bicyclic) bond motifs is 1. The van der Waals surface area contributed by atoms with Gasteiger partial charge < -0.3 is 14.8 Å². The topological polar surface area (TPSA) is 85.7 Å². The highest BCUT2D eigenvalue weighted by Gasteiger charge is 2.38. The highest BCUT2D eigenvalue weighted by atomic mass is 32.2. The molecule has 0 spiro atoms. The quantitative estimate of drug-likeness (QED) is 0.301. The Morgan fingerprint density at radius 2 is 1.77 bits per heavy atom. The molecular weight excluding hydrogens is 531 g/mol. The summed E-state index contributed by atoms with van der Waals surface area (Å²) in [6, 6.07) is 23.3. The first-order valence-corrected chi connectivity index (χ1v) is 13.8. The molecule has 0 aliphatic carbocycles. The van der Waals surface area contributed by atoms with E-state index < -0.39 is 5.82 Å². The second-order valence-electron chi connectivity index (χ2n) is 9.10. The molecule has 40 heavy (non-hydrogen) atoms. The van der Waals surface area contributed by atoms with E-state index in [0.29, 0.717) is 36.1 Å². The van der Waals surface area contributed by atoms with Crippen molar-refractivity contribution >= 4 is 29.4 Å². The van der Waals surface area contributed by atoms with Crippen molar-refractivity contribution in [1.29, 1.82) is 0 Å². The molecule has 0 saturated heterocycles. The van der Waals surface area contributed by atoms with Crippen LogP contribution in [0.5, 0.6) is 5.75 Å². The van der Waals surface area contributed by atoms with E-state index in [0.717, 1.165) is 16.7 Å². The van der Waals surface area contributed by atoms with Gasteiger partial charge in [-0.2, -0.15) is 5.10 Å². The number of thioether (sulfide) groups is 1. The van der Waals surface area contributed by atoms with E-state index in [-0.39, 0.29) is 29.4 Å². The summed E-state index contributed by atoms with van der Waals surface area (Å²) in [4.78, 5) is 28.2. The van der Waals surface area contributed by atoms with Gasteiger partial charge >= 0.3 is 0 Å². The van der Waals surface area contributed by atoms with Crippen LogP contribution >= 0.6 is 11.8 Å². The first-order valence-electron chi connectivity index (χ1n) is 12.8. The molecule has 8 nitrogen and oxygen atoms in total. The predicted octanol–water partition coefficient (Wildman–Crippen LogP) is 4.62. The van der Waals surface area contributed by atoms with E-state index in [1.807, 2.05) is 54.6 Å². The van der Waals surface area contributed by atoms with Gasteiger partial charge in [0.25, 0.3) is 0 Å². The number of amides is 2. The lowest BCUT2D eigenvalue weighted by Crippen LogP contribution is -2.43. The van der Waals surface area contributed by atoms with Gasteiger partial charge in [-0.05, 0) is 30.3 Å². The number of para-hydroxylation sites is 1. The molecule has 0 bridgehead atoms. The van der Waals surface area contributed by atoms with Crippen LogP contribution in [0, 0.1) is 5.82 Å². The van der Waals surface area contributed by atoms with Crippen LogP contribution in [0.25, 0.3) is 16.9 Å². The van der Waals surface area contributed by atoms with E-state index in [1.54, 1.807) is 31.0 Å². The van der Waals surface area contributed by atoms with Crippen molar-refractivity contribution in [1.82, 2.24) is 15.1 Å². The van der Waals surface area contributed by atoms with Gasteiger partial charge in [0.15, 0.2) is 0 Å². The molecule has 2 amide bonds. The van der Waals surface area contributed by atoms with E-state index in [2.05, 4.69) is 5.32 Å². The van der Waals surface area contributed by atoms with Gasteiger partial charge in [0.2, 0.25) is 11.8 Å². The molecule has 1 aromatic heterocycles. The molecule has 1 aliphatic rings. The second kappa shape index (κ2) is 12.4. The molecule has 1 unspecified atom stereocenters. The maximum Gasteiger partial charge on any atom is 0.240 e. The van der Waals surface area contributed by atoms with Crippen molar-refractivity contribution in [2.45, 2.75) is 5.25 Å². The van der Waals surface area contributed by atoms with Crippen LogP contribution in [0.4, 0.5) is 10.2 Å². The summed E-state index contributed by atoms with van der Waals surface area (Å²) >= 11 is 1.45.